The minimum absolute atomic E-state index is 0.129. The number of fused-ring (bicyclic) bond motifs is 1. The Bertz CT molecular complexity index is 1430. The lowest BCUT2D eigenvalue weighted by Gasteiger charge is -2.15. The van der Waals surface area contributed by atoms with E-state index < -0.39 is 51.5 Å². The third-order valence-corrected chi connectivity index (χ3v) is 7.01. The summed E-state index contributed by atoms with van der Waals surface area (Å²) in [6.07, 6.45) is 0. The van der Waals surface area contributed by atoms with E-state index in [1.165, 1.54) is 24.3 Å². The first kappa shape index (κ1) is 21.0. The van der Waals surface area contributed by atoms with Gasteiger partial charge in [0.05, 0.1) is 9.79 Å². The van der Waals surface area contributed by atoms with Crippen LogP contribution in [0.1, 0.15) is 0 Å². The molecule has 0 saturated heterocycles. The van der Waals surface area contributed by atoms with Crippen LogP contribution in [-0.4, -0.2) is 39.5 Å². The van der Waals surface area contributed by atoms with E-state index in [2.05, 4.69) is 0 Å². The zero-order chi connectivity index (χ0) is 21.6. The number of hydrogen-bond donors (Lipinski definition) is 4. The fraction of sp³-hybridized carbons (Fsp3) is 0. The Balaban J connectivity index is 2.30. The first-order valence-corrected chi connectivity index (χ1v) is 12.0. The molecule has 0 unspecified atom stereocenters. The van der Waals surface area contributed by atoms with Crippen LogP contribution in [0.3, 0.4) is 0 Å². The Hall–Kier alpha value is -2.71. The van der Waals surface area contributed by atoms with Crippen LogP contribution in [0, 0.1) is 0 Å². The molecule has 0 atom stereocenters. The Kier molecular flexibility index (Phi) is 5.04. The summed E-state index contributed by atoms with van der Waals surface area (Å²) < 4.78 is 91.8. The number of anilines is 1. The van der Waals surface area contributed by atoms with E-state index in [9.17, 15) is 34.9 Å². The molecule has 0 fully saturated rings. The minimum atomic E-state index is -5.05. The van der Waals surface area contributed by atoms with Gasteiger partial charge in [-0.25, -0.2) is 8.42 Å². The van der Waals surface area contributed by atoms with Crippen LogP contribution in [0.4, 0.5) is 5.69 Å². The zero-order valence-electron chi connectivity index (χ0n) is 14.2. The van der Waals surface area contributed by atoms with Crippen molar-refractivity contribution in [3.05, 3.63) is 54.6 Å². The molecule has 4 N–H and O–H groups in total. The van der Waals surface area contributed by atoms with Gasteiger partial charge in [-0.2, -0.15) is 16.8 Å². The molecule has 10 nitrogen and oxygen atoms in total. The Morgan fingerprint density at radius 3 is 1.90 bits per heavy atom. The van der Waals surface area contributed by atoms with Gasteiger partial charge in [0, 0.05) is 5.39 Å². The third kappa shape index (κ3) is 4.18. The van der Waals surface area contributed by atoms with Crippen molar-refractivity contribution in [3.8, 4) is 5.75 Å². The monoisotopic (exact) mass is 459 g/mol. The molecule has 0 spiro atoms. The Morgan fingerprint density at radius 2 is 1.34 bits per heavy atom. The standard InChI is InChI=1S/C16H13NO9S3/c18-16-13-7-6-12(28(21,22)23)8-10(13)9-14(29(24,25)26)15(16)17-27(19,20)11-4-2-1-3-5-11/h1-9,17-18H,(H,21,22,23)(H,24,25,26). The van der Waals surface area contributed by atoms with Crippen molar-refractivity contribution in [1.29, 1.82) is 0 Å². The molecule has 0 heterocycles. The molecule has 0 amide bonds. The van der Waals surface area contributed by atoms with Gasteiger partial charge in [-0.1, -0.05) is 18.2 Å². The minimum Gasteiger partial charge on any atom is -0.505 e. The van der Waals surface area contributed by atoms with Crippen molar-refractivity contribution in [2.45, 2.75) is 14.7 Å². The number of hydrogen-bond acceptors (Lipinski definition) is 7. The van der Waals surface area contributed by atoms with Crippen LogP contribution in [0.15, 0.2) is 69.3 Å². The van der Waals surface area contributed by atoms with Gasteiger partial charge in [-0.05, 0) is 41.8 Å². The van der Waals surface area contributed by atoms with E-state index in [1.807, 2.05) is 4.72 Å². The predicted molar refractivity (Wildman–Crippen MR) is 102 cm³/mol. The molecule has 0 aliphatic carbocycles. The van der Waals surface area contributed by atoms with Gasteiger partial charge in [0.15, 0.2) is 0 Å². The van der Waals surface area contributed by atoms with Crippen LogP contribution in [0.5, 0.6) is 5.75 Å². The van der Waals surface area contributed by atoms with Crippen LogP contribution >= 0.6 is 0 Å². The molecule has 0 saturated carbocycles. The summed E-state index contributed by atoms with van der Waals surface area (Å²) >= 11 is 0. The number of nitrogens with one attached hydrogen (secondary N) is 1. The number of sulfonamides is 1. The van der Waals surface area contributed by atoms with Crippen LogP contribution in [0.25, 0.3) is 10.8 Å². The molecule has 3 aromatic carbocycles. The van der Waals surface area contributed by atoms with Crippen molar-refractivity contribution in [2.24, 2.45) is 0 Å². The largest absolute Gasteiger partial charge is 0.505 e. The smallest absolute Gasteiger partial charge is 0.296 e. The fourth-order valence-electron chi connectivity index (χ4n) is 2.60. The maximum atomic E-state index is 12.5. The van der Waals surface area contributed by atoms with Crippen LogP contribution in [-0.2, 0) is 30.3 Å². The van der Waals surface area contributed by atoms with Crippen molar-refractivity contribution < 1.29 is 39.5 Å². The molecular weight excluding hydrogens is 446 g/mol. The third-order valence-electron chi connectivity index (χ3n) is 3.91. The second-order valence-corrected chi connectivity index (χ2v) is 10.3. The van der Waals surface area contributed by atoms with Gasteiger partial charge >= 0.3 is 0 Å². The summed E-state index contributed by atoms with van der Waals surface area (Å²) in [5.74, 6) is -0.864. The molecule has 0 aliphatic heterocycles. The number of benzene rings is 3. The second-order valence-electron chi connectivity index (χ2n) is 5.85. The lowest BCUT2D eigenvalue weighted by molar-refractivity contribution is 0.473. The number of aromatic hydroxyl groups is 1. The van der Waals surface area contributed by atoms with Gasteiger partial charge in [-0.3, -0.25) is 13.8 Å². The summed E-state index contributed by atoms with van der Waals surface area (Å²) in [7, 11) is -14.0. The van der Waals surface area contributed by atoms with Crippen molar-refractivity contribution in [3.63, 3.8) is 0 Å². The summed E-state index contributed by atoms with van der Waals surface area (Å²) in [6.45, 7) is 0. The van der Waals surface area contributed by atoms with Gasteiger partial charge in [0.25, 0.3) is 30.3 Å². The summed E-state index contributed by atoms with van der Waals surface area (Å²) in [5, 5.41) is 10.2. The normalized spacial score (nSPS) is 12.8. The first-order valence-electron chi connectivity index (χ1n) is 7.63. The average Bonchev–Trinajstić information content (AvgIpc) is 2.62. The average molecular weight is 459 g/mol. The van der Waals surface area contributed by atoms with Crippen molar-refractivity contribution >= 4 is 46.7 Å². The molecule has 0 radical (unpaired) electrons. The number of rotatable bonds is 5. The van der Waals surface area contributed by atoms with Crippen LogP contribution in [0.2, 0.25) is 0 Å². The first-order chi connectivity index (χ1) is 13.3. The molecule has 0 aromatic heterocycles. The van der Waals surface area contributed by atoms with Crippen molar-refractivity contribution in [2.75, 3.05) is 4.72 Å². The van der Waals surface area contributed by atoms with Gasteiger partial charge in [0.2, 0.25) is 0 Å². The maximum absolute atomic E-state index is 12.5. The van der Waals surface area contributed by atoms with E-state index in [0.717, 1.165) is 24.3 Å². The Morgan fingerprint density at radius 1 is 0.724 bits per heavy atom. The highest BCUT2D eigenvalue weighted by Gasteiger charge is 2.26. The van der Waals surface area contributed by atoms with Gasteiger partial charge < -0.3 is 5.11 Å². The molecule has 13 heteroatoms. The highest BCUT2D eigenvalue weighted by molar-refractivity contribution is 7.93. The van der Waals surface area contributed by atoms with E-state index in [-0.39, 0.29) is 15.7 Å². The lowest BCUT2D eigenvalue weighted by Crippen LogP contribution is -2.15. The van der Waals surface area contributed by atoms with E-state index in [0.29, 0.717) is 0 Å². The number of phenols is 1. The molecular formula is C16H13NO9S3. The second kappa shape index (κ2) is 6.96. The molecule has 0 aliphatic rings. The Labute approximate surface area is 166 Å². The fourth-order valence-corrected chi connectivity index (χ4v) is 4.97. The topological polar surface area (TPSA) is 175 Å². The van der Waals surface area contributed by atoms with Gasteiger partial charge in [-0.15, -0.1) is 0 Å². The van der Waals surface area contributed by atoms with Crippen molar-refractivity contribution in [1.82, 2.24) is 0 Å². The summed E-state index contributed by atoms with van der Waals surface area (Å²) in [6, 6.07) is 10.5. The molecule has 0 bridgehead atoms. The molecule has 3 rings (SSSR count). The van der Waals surface area contributed by atoms with E-state index in [1.54, 1.807) is 6.07 Å². The highest BCUT2D eigenvalue weighted by atomic mass is 32.2. The highest BCUT2D eigenvalue weighted by Crippen LogP contribution is 2.40. The molecule has 154 valence electrons. The van der Waals surface area contributed by atoms with E-state index in [4.69, 9.17) is 4.55 Å². The molecule has 3 aromatic rings. The van der Waals surface area contributed by atoms with Crippen LogP contribution < -0.4 is 4.72 Å². The SMILES string of the molecule is O=S(=O)(O)c1ccc2c(O)c(NS(=O)(=O)c3ccccc3)c(S(=O)(=O)O)cc2c1. The van der Waals surface area contributed by atoms with Gasteiger partial charge in [0.1, 0.15) is 16.3 Å². The summed E-state index contributed by atoms with van der Waals surface area (Å²) in [4.78, 5) is -1.83. The number of phenolic OH excluding ortho intramolecular Hbond substituents is 1. The quantitative estimate of drug-likeness (QED) is 0.327. The summed E-state index contributed by atoms with van der Waals surface area (Å²) in [5.41, 5.74) is -0.816. The predicted octanol–water partition coefficient (Wildman–Crippen LogP) is 1.84. The lowest BCUT2D eigenvalue weighted by atomic mass is 10.1. The maximum Gasteiger partial charge on any atom is 0.296 e. The van der Waals surface area contributed by atoms with E-state index >= 15 is 0 Å². The molecule has 29 heavy (non-hydrogen) atoms. The zero-order valence-corrected chi connectivity index (χ0v) is 16.7.